The highest BCUT2D eigenvalue weighted by atomic mass is 14.9. The highest BCUT2D eigenvalue weighted by Crippen LogP contribution is 2.26. The van der Waals surface area contributed by atoms with Crippen LogP contribution in [0.15, 0.2) is 18.2 Å². The van der Waals surface area contributed by atoms with Gasteiger partial charge in [-0.1, -0.05) is 32.0 Å². The molecule has 1 aromatic carbocycles. The number of benzene rings is 1. The van der Waals surface area contributed by atoms with Crippen molar-refractivity contribution in [3.8, 4) is 0 Å². The topological polar surface area (TPSA) is 12.0 Å². The SMILES string of the molecule is Cc1ccc(C2CNC2)cc1C(C)C. The molecule has 2 rings (SSSR count). The molecule has 1 aromatic rings. The van der Waals surface area contributed by atoms with Gasteiger partial charge in [0, 0.05) is 19.0 Å². The van der Waals surface area contributed by atoms with Gasteiger partial charge in [-0.25, -0.2) is 0 Å². The fraction of sp³-hybridized carbons (Fsp3) is 0.538. The molecule has 1 heteroatoms. The first-order valence-electron chi connectivity index (χ1n) is 5.49. The van der Waals surface area contributed by atoms with E-state index in [1.165, 1.54) is 16.7 Å². The van der Waals surface area contributed by atoms with Crippen molar-refractivity contribution in [2.75, 3.05) is 13.1 Å². The van der Waals surface area contributed by atoms with Crippen LogP contribution in [-0.2, 0) is 0 Å². The van der Waals surface area contributed by atoms with Crippen molar-refractivity contribution in [3.05, 3.63) is 34.9 Å². The maximum Gasteiger partial charge on any atom is 0.00886 e. The van der Waals surface area contributed by atoms with Crippen molar-refractivity contribution >= 4 is 0 Å². The van der Waals surface area contributed by atoms with E-state index in [1.807, 2.05) is 0 Å². The van der Waals surface area contributed by atoms with Crippen LogP contribution in [0.4, 0.5) is 0 Å². The molecule has 0 amide bonds. The number of aryl methyl sites for hydroxylation is 1. The third kappa shape index (κ3) is 1.69. The summed E-state index contributed by atoms with van der Waals surface area (Å²) in [5.41, 5.74) is 4.45. The third-order valence-electron chi connectivity index (χ3n) is 3.18. The van der Waals surface area contributed by atoms with E-state index in [-0.39, 0.29) is 0 Å². The molecule has 76 valence electrons. The average molecular weight is 189 g/mol. The van der Waals surface area contributed by atoms with E-state index in [0.717, 1.165) is 19.0 Å². The lowest BCUT2D eigenvalue weighted by Crippen LogP contribution is -2.39. The van der Waals surface area contributed by atoms with Crippen molar-refractivity contribution in [1.82, 2.24) is 5.32 Å². The maximum atomic E-state index is 3.32. The average Bonchev–Trinajstić information content (AvgIpc) is 2.04. The Bertz CT molecular complexity index is 324. The van der Waals surface area contributed by atoms with E-state index in [2.05, 4.69) is 44.3 Å². The summed E-state index contributed by atoms with van der Waals surface area (Å²) in [6.07, 6.45) is 0. The molecule has 1 N–H and O–H groups in total. The van der Waals surface area contributed by atoms with Gasteiger partial charge in [0.25, 0.3) is 0 Å². The largest absolute Gasteiger partial charge is 0.315 e. The summed E-state index contributed by atoms with van der Waals surface area (Å²) in [6, 6.07) is 6.95. The number of rotatable bonds is 2. The summed E-state index contributed by atoms with van der Waals surface area (Å²) in [5.74, 6) is 1.40. The molecule has 0 saturated carbocycles. The zero-order chi connectivity index (χ0) is 10.1. The van der Waals surface area contributed by atoms with Gasteiger partial charge in [-0.05, 0) is 29.5 Å². The zero-order valence-electron chi connectivity index (χ0n) is 9.30. The normalized spacial score (nSPS) is 17.1. The van der Waals surface area contributed by atoms with Crippen LogP contribution in [0.5, 0.6) is 0 Å². The first kappa shape index (κ1) is 9.72. The Balaban J connectivity index is 2.30. The summed E-state index contributed by atoms with van der Waals surface area (Å²) in [4.78, 5) is 0. The van der Waals surface area contributed by atoms with Gasteiger partial charge in [-0.3, -0.25) is 0 Å². The second-order valence-corrected chi connectivity index (χ2v) is 4.63. The quantitative estimate of drug-likeness (QED) is 0.754. The second kappa shape index (κ2) is 3.74. The molecule has 0 atom stereocenters. The third-order valence-corrected chi connectivity index (χ3v) is 3.18. The zero-order valence-corrected chi connectivity index (χ0v) is 9.30. The standard InChI is InChI=1S/C13H19N/c1-9(2)13-6-11(5-4-10(13)3)12-7-14-8-12/h4-6,9,12,14H,7-8H2,1-3H3. The van der Waals surface area contributed by atoms with Gasteiger partial charge in [0.05, 0.1) is 0 Å². The van der Waals surface area contributed by atoms with Crippen LogP contribution in [0.1, 0.15) is 42.4 Å². The fourth-order valence-electron chi connectivity index (χ4n) is 2.06. The van der Waals surface area contributed by atoms with Crippen molar-refractivity contribution < 1.29 is 0 Å². The van der Waals surface area contributed by atoms with Crippen LogP contribution in [0.25, 0.3) is 0 Å². The molecule has 1 heterocycles. The molecular formula is C13H19N. The van der Waals surface area contributed by atoms with Gasteiger partial charge in [-0.15, -0.1) is 0 Å². The Kier molecular flexibility index (Phi) is 2.60. The number of hydrogen-bond acceptors (Lipinski definition) is 1. The number of hydrogen-bond donors (Lipinski definition) is 1. The lowest BCUT2D eigenvalue weighted by atomic mass is 9.88. The Morgan fingerprint density at radius 2 is 2.00 bits per heavy atom. The van der Waals surface area contributed by atoms with Crippen LogP contribution in [0.2, 0.25) is 0 Å². The fourth-order valence-corrected chi connectivity index (χ4v) is 2.06. The van der Waals surface area contributed by atoms with Crippen molar-refractivity contribution in [3.63, 3.8) is 0 Å². The van der Waals surface area contributed by atoms with Gasteiger partial charge in [0.2, 0.25) is 0 Å². The highest BCUT2D eigenvalue weighted by Gasteiger charge is 2.19. The van der Waals surface area contributed by atoms with Crippen LogP contribution in [0.3, 0.4) is 0 Å². The Labute approximate surface area is 86.5 Å². The lowest BCUT2D eigenvalue weighted by Gasteiger charge is -2.28. The monoisotopic (exact) mass is 189 g/mol. The van der Waals surface area contributed by atoms with E-state index in [1.54, 1.807) is 0 Å². The number of nitrogens with one attached hydrogen (secondary N) is 1. The summed E-state index contributed by atoms with van der Waals surface area (Å²) in [7, 11) is 0. The minimum Gasteiger partial charge on any atom is -0.315 e. The Morgan fingerprint density at radius 3 is 2.50 bits per heavy atom. The molecular weight excluding hydrogens is 170 g/mol. The van der Waals surface area contributed by atoms with Gasteiger partial charge in [-0.2, -0.15) is 0 Å². The van der Waals surface area contributed by atoms with Crippen molar-refractivity contribution in [1.29, 1.82) is 0 Å². The van der Waals surface area contributed by atoms with Crippen molar-refractivity contribution in [2.24, 2.45) is 0 Å². The molecule has 0 radical (unpaired) electrons. The summed E-state index contributed by atoms with van der Waals surface area (Å²) in [6.45, 7) is 9.05. The second-order valence-electron chi connectivity index (χ2n) is 4.63. The first-order chi connectivity index (χ1) is 6.68. The molecule has 0 unspecified atom stereocenters. The molecule has 0 aliphatic carbocycles. The van der Waals surface area contributed by atoms with Gasteiger partial charge in [0.1, 0.15) is 0 Å². The molecule has 0 bridgehead atoms. The van der Waals surface area contributed by atoms with Gasteiger partial charge >= 0.3 is 0 Å². The molecule has 14 heavy (non-hydrogen) atoms. The maximum absolute atomic E-state index is 3.32. The first-order valence-corrected chi connectivity index (χ1v) is 5.49. The predicted molar refractivity (Wildman–Crippen MR) is 60.9 cm³/mol. The molecule has 0 aromatic heterocycles. The summed E-state index contributed by atoms with van der Waals surface area (Å²) < 4.78 is 0. The Hall–Kier alpha value is -0.820. The Morgan fingerprint density at radius 1 is 1.29 bits per heavy atom. The van der Waals surface area contributed by atoms with E-state index < -0.39 is 0 Å². The van der Waals surface area contributed by atoms with Crippen molar-refractivity contribution in [2.45, 2.75) is 32.6 Å². The van der Waals surface area contributed by atoms with Crippen LogP contribution in [-0.4, -0.2) is 13.1 Å². The van der Waals surface area contributed by atoms with E-state index >= 15 is 0 Å². The summed E-state index contributed by atoms with van der Waals surface area (Å²) >= 11 is 0. The van der Waals surface area contributed by atoms with Crippen LogP contribution >= 0.6 is 0 Å². The molecule has 1 saturated heterocycles. The molecule has 1 aliphatic rings. The minimum absolute atomic E-state index is 0.642. The van der Waals surface area contributed by atoms with E-state index in [9.17, 15) is 0 Å². The molecule has 0 spiro atoms. The predicted octanol–water partition coefficient (Wildman–Crippen LogP) is 2.81. The highest BCUT2D eigenvalue weighted by molar-refractivity contribution is 5.36. The van der Waals surface area contributed by atoms with Gasteiger partial charge < -0.3 is 5.32 Å². The molecule has 1 fully saturated rings. The lowest BCUT2D eigenvalue weighted by molar-refractivity contribution is 0.448. The van der Waals surface area contributed by atoms with E-state index in [0.29, 0.717) is 5.92 Å². The minimum atomic E-state index is 0.642. The summed E-state index contributed by atoms with van der Waals surface area (Å²) in [5, 5.41) is 3.32. The smallest absolute Gasteiger partial charge is 0.00886 e. The van der Waals surface area contributed by atoms with Gasteiger partial charge in [0.15, 0.2) is 0 Å². The van der Waals surface area contributed by atoms with E-state index in [4.69, 9.17) is 0 Å². The van der Waals surface area contributed by atoms with Crippen LogP contribution in [0, 0.1) is 6.92 Å². The molecule has 1 nitrogen and oxygen atoms in total. The molecule has 1 aliphatic heterocycles. The van der Waals surface area contributed by atoms with Crippen LogP contribution < -0.4 is 5.32 Å².